The van der Waals surface area contributed by atoms with Crippen LogP contribution in [0.25, 0.3) is 0 Å². The quantitative estimate of drug-likeness (QED) is 0.770. The van der Waals surface area contributed by atoms with E-state index < -0.39 is 0 Å². The topological polar surface area (TPSA) is 50.4 Å². The zero-order chi connectivity index (χ0) is 13.5. The molecule has 4 nitrogen and oxygen atoms in total. The van der Waals surface area contributed by atoms with Crippen LogP contribution in [0.1, 0.15) is 24.0 Å². The highest BCUT2D eigenvalue weighted by atomic mass is 35.5. The number of halogens is 1. The summed E-state index contributed by atoms with van der Waals surface area (Å²) in [6.07, 6.45) is 2.61. The van der Waals surface area contributed by atoms with Crippen LogP contribution in [-0.4, -0.2) is 26.1 Å². The fraction of sp³-hybridized carbons (Fsp3) is 0.533. The Hall–Kier alpha value is -1.10. The van der Waals surface area contributed by atoms with E-state index in [0.29, 0.717) is 19.7 Å². The summed E-state index contributed by atoms with van der Waals surface area (Å²) in [5, 5.41) is 6.12. The number of nitrogens with one attached hydrogen (secondary N) is 2. The second-order valence-corrected chi connectivity index (χ2v) is 5.05. The van der Waals surface area contributed by atoms with E-state index in [0.717, 1.165) is 23.6 Å². The number of benzene rings is 1. The van der Waals surface area contributed by atoms with Crippen LogP contribution in [0, 0.1) is 5.92 Å². The standard InChI is InChI=1S/C15H22N2O2.ClH/c1-19-11-14-5-3-2-4-13(14)9-17-15(18)10-16-8-12-6-7-12;/h2-5,12,16H,6-11H2,1H3,(H,17,18);1H. The van der Waals surface area contributed by atoms with Gasteiger partial charge in [0.15, 0.2) is 0 Å². The van der Waals surface area contributed by atoms with E-state index in [1.807, 2.05) is 24.3 Å². The molecule has 2 rings (SSSR count). The van der Waals surface area contributed by atoms with Crippen LogP contribution >= 0.6 is 12.4 Å². The molecule has 0 unspecified atom stereocenters. The smallest absolute Gasteiger partial charge is 0.234 e. The van der Waals surface area contributed by atoms with Crippen LogP contribution in [0.15, 0.2) is 24.3 Å². The van der Waals surface area contributed by atoms with Crippen molar-refractivity contribution in [1.82, 2.24) is 10.6 Å². The Morgan fingerprint density at radius 1 is 1.30 bits per heavy atom. The normalized spacial score (nSPS) is 13.7. The fourth-order valence-electron chi connectivity index (χ4n) is 1.99. The van der Waals surface area contributed by atoms with Gasteiger partial charge < -0.3 is 15.4 Å². The number of amides is 1. The fourth-order valence-corrected chi connectivity index (χ4v) is 1.99. The third-order valence-electron chi connectivity index (χ3n) is 3.31. The molecule has 1 aromatic carbocycles. The van der Waals surface area contributed by atoms with Gasteiger partial charge >= 0.3 is 0 Å². The Labute approximate surface area is 126 Å². The largest absolute Gasteiger partial charge is 0.380 e. The molecule has 0 heterocycles. The first-order chi connectivity index (χ1) is 9.29. The lowest BCUT2D eigenvalue weighted by Crippen LogP contribution is -2.34. The lowest BCUT2D eigenvalue weighted by atomic mass is 10.1. The van der Waals surface area contributed by atoms with E-state index in [4.69, 9.17) is 4.74 Å². The van der Waals surface area contributed by atoms with Crippen molar-refractivity contribution in [3.05, 3.63) is 35.4 Å². The van der Waals surface area contributed by atoms with E-state index in [-0.39, 0.29) is 18.3 Å². The predicted octanol–water partition coefficient (Wildman–Crippen LogP) is 1.87. The number of hydrogen-bond acceptors (Lipinski definition) is 3. The molecule has 2 N–H and O–H groups in total. The van der Waals surface area contributed by atoms with Gasteiger partial charge in [-0.15, -0.1) is 12.4 Å². The summed E-state index contributed by atoms with van der Waals surface area (Å²) in [5.74, 6) is 0.850. The highest BCUT2D eigenvalue weighted by Crippen LogP contribution is 2.27. The van der Waals surface area contributed by atoms with Gasteiger partial charge in [0.25, 0.3) is 0 Å². The van der Waals surface area contributed by atoms with Crippen molar-refractivity contribution in [3.8, 4) is 0 Å². The van der Waals surface area contributed by atoms with Crippen LogP contribution < -0.4 is 10.6 Å². The predicted molar refractivity (Wildman–Crippen MR) is 81.8 cm³/mol. The maximum absolute atomic E-state index is 11.7. The highest BCUT2D eigenvalue weighted by molar-refractivity contribution is 5.85. The molecular weight excluding hydrogens is 276 g/mol. The Balaban J connectivity index is 0.00000200. The molecule has 1 aliphatic rings. The molecule has 20 heavy (non-hydrogen) atoms. The minimum absolute atomic E-state index is 0. The second kappa shape index (κ2) is 8.95. The molecular formula is C15H23ClN2O2. The van der Waals surface area contributed by atoms with Gasteiger partial charge in [0.05, 0.1) is 13.2 Å². The van der Waals surface area contributed by atoms with E-state index in [1.54, 1.807) is 7.11 Å². The first-order valence-corrected chi connectivity index (χ1v) is 6.82. The molecule has 1 fully saturated rings. The summed E-state index contributed by atoms with van der Waals surface area (Å²) >= 11 is 0. The molecule has 1 amide bonds. The van der Waals surface area contributed by atoms with Gasteiger partial charge in [0, 0.05) is 13.7 Å². The number of hydrogen-bond donors (Lipinski definition) is 2. The van der Waals surface area contributed by atoms with Gasteiger partial charge in [-0.1, -0.05) is 24.3 Å². The Morgan fingerprint density at radius 2 is 2.00 bits per heavy atom. The SMILES string of the molecule is COCc1ccccc1CNC(=O)CNCC1CC1.Cl. The maximum atomic E-state index is 11.7. The first kappa shape index (κ1) is 17.0. The highest BCUT2D eigenvalue weighted by Gasteiger charge is 2.20. The van der Waals surface area contributed by atoms with Crippen LogP contribution in [0.2, 0.25) is 0 Å². The molecule has 0 spiro atoms. The Morgan fingerprint density at radius 3 is 2.65 bits per heavy atom. The summed E-state index contributed by atoms with van der Waals surface area (Å²) in [7, 11) is 1.68. The molecule has 5 heteroatoms. The van der Waals surface area contributed by atoms with Gasteiger partial charge in [-0.3, -0.25) is 4.79 Å². The average Bonchev–Trinajstić information content (AvgIpc) is 3.22. The molecule has 1 aromatic rings. The lowest BCUT2D eigenvalue weighted by Gasteiger charge is -2.10. The molecule has 1 saturated carbocycles. The van der Waals surface area contributed by atoms with E-state index in [2.05, 4.69) is 10.6 Å². The monoisotopic (exact) mass is 298 g/mol. The number of carbonyl (C=O) groups is 1. The van der Waals surface area contributed by atoms with Gasteiger partial charge in [-0.25, -0.2) is 0 Å². The van der Waals surface area contributed by atoms with Crippen molar-refractivity contribution < 1.29 is 9.53 Å². The molecule has 0 aromatic heterocycles. The third-order valence-corrected chi connectivity index (χ3v) is 3.31. The minimum Gasteiger partial charge on any atom is -0.380 e. The Kier molecular flexibility index (Phi) is 7.59. The van der Waals surface area contributed by atoms with Crippen LogP contribution in [0.4, 0.5) is 0 Å². The zero-order valence-corrected chi connectivity index (χ0v) is 12.7. The molecule has 112 valence electrons. The van der Waals surface area contributed by atoms with Crippen LogP contribution in [0.3, 0.4) is 0 Å². The van der Waals surface area contributed by atoms with E-state index in [9.17, 15) is 4.79 Å². The molecule has 1 aliphatic carbocycles. The van der Waals surface area contributed by atoms with Crippen LogP contribution in [0.5, 0.6) is 0 Å². The maximum Gasteiger partial charge on any atom is 0.234 e. The zero-order valence-electron chi connectivity index (χ0n) is 11.9. The van der Waals surface area contributed by atoms with Crippen molar-refractivity contribution in [3.63, 3.8) is 0 Å². The molecule has 0 bridgehead atoms. The molecule has 0 atom stereocenters. The number of carbonyl (C=O) groups excluding carboxylic acids is 1. The number of methoxy groups -OCH3 is 1. The molecule has 0 radical (unpaired) electrons. The molecule has 0 saturated heterocycles. The summed E-state index contributed by atoms with van der Waals surface area (Å²) in [6.45, 7) is 2.51. The number of rotatable bonds is 8. The molecule has 0 aliphatic heterocycles. The van der Waals surface area contributed by atoms with Crippen molar-refractivity contribution >= 4 is 18.3 Å². The third kappa shape index (κ3) is 5.90. The van der Waals surface area contributed by atoms with E-state index >= 15 is 0 Å². The second-order valence-electron chi connectivity index (χ2n) is 5.05. The van der Waals surface area contributed by atoms with Crippen LogP contribution in [-0.2, 0) is 22.7 Å². The first-order valence-electron chi connectivity index (χ1n) is 6.82. The van der Waals surface area contributed by atoms with Crippen molar-refractivity contribution in [2.24, 2.45) is 5.92 Å². The minimum atomic E-state index is 0. The van der Waals surface area contributed by atoms with Gasteiger partial charge in [0.1, 0.15) is 0 Å². The van der Waals surface area contributed by atoms with Crippen molar-refractivity contribution in [1.29, 1.82) is 0 Å². The summed E-state index contributed by atoms with van der Waals surface area (Å²) in [4.78, 5) is 11.7. The number of ether oxygens (including phenoxy) is 1. The summed E-state index contributed by atoms with van der Waals surface area (Å²) in [5.41, 5.74) is 2.23. The lowest BCUT2D eigenvalue weighted by molar-refractivity contribution is -0.120. The van der Waals surface area contributed by atoms with Gasteiger partial charge in [-0.05, 0) is 36.4 Å². The van der Waals surface area contributed by atoms with Gasteiger partial charge in [0.2, 0.25) is 5.91 Å². The Bertz CT molecular complexity index is 422. The van der Waals surface area contributed by atoms with E-state index in [1.165, 1.54) is 12.8 Å². The van der Waals surface area contributed by atoms with Crippen molar-refractivity contribution in [2.75, 3.05) is 20.2 Å². The van der Waals surface area contributed by atoms with Gasteiger partial charge in [-0.2, -0.15) is 0 Å². The summed E-state index contributed by atoms with van der Waals surface area (Å²) in [6, 6.07) is 8.01. The van der Waals surface area contributed by atoms with Crippen molar-refractivity contribution in [2.45, 2.75) is 26.0 Å². The summed E-state index contributed by atoms with van der Waals surface area (Å²) < 4.78 is 5.15. The average molecular weight is 299 g/mol.